The third kappa shape index (κ3) is 3.07. The van der Waals surface area contributed by atoms with Crippen molar-refractivity contribution in [1.29, 1.82) is 0 Å². The monoisotopic (exact) mass is 351 g/mol. The number of aromatic hydroxyl groups is 1. The maximum absolute atomic E-state index is 11.9. The molecule has 8 heteroatoms. The SMILES string of the molecule is O=C(CNc1nc2ccccc2s1)N=Nc1c(O)[nH]c2ccccc12. The first-order valence-corrected chi connectivity index (χ1v) is 8.36. The third-order valence-electron chi connectivity index (χ3n) is 3.61. The number of thiazole rings is 1. The number of fused-ring (bicyclic) bond motifs is 2. The summed E-state index contributed by atoms with van der Waals surface area (Å²) < 4.78 is 1.04. The molecule has 0 fully saturated rings. The molecule has 0 aliphatic carbocycles. The molecule has 0 aliphatic heterocycles. The topological polar surface area (TPSA) is 103 Å². The molecule has 0 aliphatic rings. The van der Waals surface area contributed by atoms with Crippen LogP contribution in [0.3, 0.4) is 0 Å². The molecule has 2 heterocycles. The number of rotatable bonds is 4. The summed E-state index contributed by atoms with van der Waals surface area (Å²) in [7, 11) is 0. The van der Waals surface area contributed by atoms with Gasteiger partial charge in [0, 0.05) is 5.39 Å². The zero-order valence-corrected chi connectivity index (χ0v) is 13.7. The number of hydrogen-bond donors (Lipinski definition) is 3. The van der Waals surface area contributed by atoms with Crippen LogP contribution in [0.4, 0.5) is 10.8 Å². The van der Waals surface area contributed by atoms with E-state index >= 15 is 0 Å². The third-order valence-corrected chi connectivity index (χ3v) is 4.60. The highest BCUT2D eigenvalue weighted by Gasteiger charge is 2.10. The first kappa shape index (κ1) is 15.3. The molecule has 124 valence electrons. The van der Waals surface area contributed by atoms with Crippen LogP contribution < -0.4 is 5.32 Å². The van der Waals surface area contributed by atoms with Crippen molar-refractivity contribution < 1.29 is 9.90 Å². The maximum Gasteiger partial charge on any atom is 0.283 e. The van der Waals surface area contributed by atoms with Crippen molar-refractivity contribution in [2.45, 2.75) is 0 Å². The highest BCUT2D eigenvalue weighted by molar-refractivity contribution is 7.22. The predicted octanol–water partition coefficient (Wildman–Crippen LogP) is 4.21. The largest absolute Gasteiger partial charge is 0.493 e. The van der Waals surface area contributed by atoms with Gasteiger partial charge in [-0.2, -0.15) is 0 Å². The summed E-state index contributed by atoms with van der Waals surface area (Å²) in [6.45, 7) is -0.0214. The van der Waals surface area contributed by atoms with E-state index in [1.54, 1.807) is 6.07 Å². The van der Waals surface area contributed by atoms with Gasteiger partial charge in [-0.05, 0) is 18.2 Å². The lowest BCUT2D eigenvalue weighted by atomic mass is 10.2. The lowest BCUT2D eigenvalue weighted by molar-refractivity contribution is -0.116. The molecule has 0 saturated heterocycles. The molecular weight excluding hydrogens is 338 g/mol. The normalized spacial score (nSPS) is 11.5. The molecule has 1 amide bonds. The molecule has 25 heavy (non-hydrogen) atoms. The second-order valence-corrected chi connectivity index (χ2v) is 6.33. The average molecular weight is 351 g/mol. The average Bonchev–Trinajstić information content (AvgIpc) is 3.18. The van der Waals surface area contributed by atoms with Crippen molar-refractivity contribution in [3.8, 4) is 5.88 Å². The first-order chi connectivity index (χ1) is 12.2. The quantitative estimate of drug-likeness (QED) is 0.479. The van der Waals surface area contributed by atoms with Gasteiger partial charge in [-0.25, -0.2) is 4.98 Å². The van der Waals surface area contributed by atoms with Gasteiger partial charge in [0.1, 0.15) is 6.54 Å². The van der Waals surface area contributed by atoms with Gasteiger partial charge in [-0.1, -0.05) is 41.7 Å². The number of benzene rings is 2. The molecular formula is C17H13N5O2S. The summed E-state index contributed by atoms with van der Waals surface area (Å²) in [5, 5.41) is 21.8. The zero-order chi connectivity index (χ0) is 17.2. The van der Waals surface area contributed by atoms with Gasteiger partial charge in [0.15, 0.2) is 10.8 Å². The van der Waals surface area contributed by atoms with Crippen molar-refractivity contribution in [2.24, 2.45) is 10.2 Å². The number of aromatic amines is 1. The van der Waals surface area contributed by atoms with Crippen molar-refractivity contribution >= 4 is 49.2 Å². The molecule has 0 atom stereocenters. The van der Waals surface area contributed by atoms with Crippen LogP contribution in [0.15, 0.2) is 58.8 Å². The highest BCUT2D eigenvalue weighted by atomic mass is 32.1. The Balaban J connectivity index is 1.46. The number of nitrogens with zero attached hydrogens (tertiary/aromatic N) is 3. The zero-order valence-electron chi connectivity index (χ0n) is 12.9. The number of carbonyl (C=O) groups is 1. The van der Waals surface area contributed by atoms with Crippen LogP contribution in [0.2, 0.25) is 0 Å². The Kier molecular flexibility index (Phi) is 3.87. The first-order valence-electron chi connectivity index (χ1n) is 7.54. The highest BCUT2D eigenvalue weighted by Crippen LogP contribution is 2.35. The summed E-state index contributed by atoms with van der Waals surface area (Å²) in [5.74, 6) is -0.569. The van der Waals surface area contributed by atoms with Crippen LogP contribution in [-0.2, 0) is 4.79 Å². The van der Waals surface area contributed by atoms with Gasteiger partial charge in [0.05, 0.1) is 15.7 Å². The van der Waals surface area contributed by atoms with E-state index in [1.165, 1.54) is 11.3 Å². The van der Waals surface area contributed by atoms with Crippen molar-refractivity contribution in [3.05, 3.63) is 48.5 Å². The Hall–Kier alpha value is -3.26. The Morgan fingerprint density at radius 1 is 1.20 bits per heavy atom. The summed E-state index contributed by atoms with van der Waals surface area (Å²) in [6, 6.07) is 15.0. The number of carbonyl (C=O) groups excluding carboxylic acids is 1. The molecule has 7 nitrogen and oxygen atoms in total. The minimum atomic E-state index is -0.455. The fourth-order valence-corrected chi connectivity index (χ4v) is 3.32. The van der Waals surface area contributed by atoms with E-state index in [1.807, 2.05) is 42.5 Å². The van der Waals surface area contributed by atoms with Crippen molar-refractivity contribution in [2.75, 3.05) is 11.9 Å². The number of H-pyrrole nitrogens is 1. The molecule has 3 N–H and O–H groups in total. The number of hydrogen-bond acceptors (Lipinski definition) is 6. The van der Waals surface area contributed by atoms with Crippen LogP contribution in [0.5, 0.6) is 5.88 Å². The number of aromatic nitrogens is 2. The lowest BCUT2D eigenvalue weighted by Crippen LogP contribution is -2.10. The number of azo groups is 1. The molecule has 0 bridgehead atoms. The van der Waals surface area contributed by atoms with E-state index in [2.05, 4.69) is 25.5 Å². The molecule has 0 spiro atoms. The Labute approximate surface area is 146 Å². The van der Waals surface area contributed by atoms with E-state index < -0.39 is 5.91 Å². The van der Waals surface area contributed by atoms with Crippen molar-refractivity contribution in [3.63, 3.8) is 0 Å². The van der Waals surface area contributed by atoms with Gasteiger partial charge < -0.3 is 15.4 Å². The van der Waals surface area contributed by atoms with Crippen LogP contribution in [0, 0.1) is 0 Å². The van der Waals surface area contributed by atoms with Gasteiger partial charge in [0.2, 0.25) is 5.88 Å². The molecule has 2 aromatic heterocycles. The van der Waals surface area contributed by atoms with E-state index in [0.717, 1.165) is 15.7 Å². The summed E-state index contributed by atoms with van der Waals surface area (Å²) in [6.07, 6.45) is 0. The standard InChI is InChI=1S/C17H13N5O2S/c23-14(9-18-17-20-12-7-3-4-8-13(12)25-17)21-22-15-10-5-1-2-6-11(10)19-16(15)24/h1-8,19,24H,9H2,(H,18,20). The van der Waals surface area contributed by atoms with E-state index in [9.17, 15) is 9.90 Å². The summed E-state index contributed by atoms with van der Waals surface area (Å²) >= 11 is 1.47. The molecule has 4 aromatic rings. The van der Waals surface area contributed by atoms with Gasteiger partial charge in [-0.3, -0.25) is 4.79 Å². The van der Waals surface area contributed by atoms with Gasteiger partial charge in [-0.15, -0.1) is 10.2 Å². The van der Waals surface area contributed by atoms with Crippen molar-refractivity contribution in [1.82, 2.24) is 9.97 Å². The molecule has 4 rings (SSSR count). The van der Waals surface area contributed by atoms with E-state index in [0.29, 0.717) is 10.5 Å². The number of nitrogens with one attached hydrogen (secondary N) is 2. The number of para-hydroxylation sites is 2. The number of amides is 1. The van der Waals surface area contributed by atoms with E-state index in [-0.39, 0.29) is 18.1 Å². The maximum atomic E-state index is 11.9. The number of anilines is 1. The second kappa shape index (κ2) is 6.33. The Bertz CT molecular complexity index is 1070. The Morgan fingerprint density at radius 2 is 2.00 bits per heavy atom. The fraction of sp³-hybridized carbons (Fsp3) is 0.0588. The van der Waals surface area contributed by atoms with Crippen LogP contribution in [0.1, 0.15) is 0 Å². The molecule has 0 unspecified atom stereocenters. The van der Waals surface area contributed by atoms with Gasteiger partial charge in [0.25, 0.3) is 5.91 Å². The molecule has 2 aromatic carbocycles. The second-order valence-electron chi connectivity index (χ2n) is 5.30. The van der Waals surface area contributed by atoms with Crippen LogP contribution in [-0.4, -0.2) is 27.5 Å². The summed E-state index contributed by atoms with van der Waals surface area (Å²) in [4.78, 5) is 19.1. The minimum Gasteiger partial charge on any atom is -0.493 e. The lowest BCUT2D eigenvalue weighted by Gasteiger charge is -1.96. The fourth-order valence-electron chi connectivity index (χ4n) is 2.45. The van der Waals surface area contributed by atoms with E-state index in [4.69, 9.17) is 0 Å². The van der Waals surface area contributed by atoms with Crippen LogP contribution >= 0.6 is 11.3 Å². The predicted molar refractivity (Wildman–Crippen MR) is 97.6 cm³/mol. The molecule has 0 radical (unpaired) electrons. The summed E-state index contributed by atoms with van der Waals surface area (Å²) in [5.41, 5.74) is 1.87. The molecule has 0 saturated carbocycles. The Morgan fingerprint density at radius 3 is 2.88 bits per heavy atom. The van der Waals surface area contributed by atoms with Crippen LogP contribution in [0.25, 0.3) is 21.1 Å². The smallest absolute Gasteiger partial charge is 0.283 e. The van der Waals surface area contributed by atoms with Gasteiger partial charge >= 0.3 is 0 Å². The minimum absolute atomic E-state index is 0.0214.